The van der Waals surface area contributed by atoms with Crippen LogP contribution in [-0.2, 0) is 15.1 Å². The molecule has 1 aromatic carbocycles. The van der Waals surface area contributed by atoms with Gasteiger partial charge in [-0.1, -0.05) is 37.3 Å². The largest absolute Gasteiger partial charge is 0.449 e. The van der Waals surface area contributed by atoms with Gasteiger partial charge in [-0.15, -0.1) is 0 Å². The highest BCUT2D eigenvalue weighted by Gasteiger charge is 2.47. The van der Waals surface area contributed by atoms with E-state index < -0.39 is 35.5 Å². The second-order valence-corrected chi connectivity index (χ2v) is 10.3. The van der Waals surface area contributed by atoms with Gasteiger partial charge in [-0.25, -0.2) is 4.98 Å². The minimum absolute atomic E-state index is 0.254. The first-order chi connectivity index (χ1) is 18.1. The summed E-state index contributed by atoms with van der Waals surface area (Å²) in [6, 6.07) is 12.9. The van der Waals surface area contributed by atoms with Crippen LogP contribution < -0.4 is 15.5 Å². The molecule has 1 aromatic heterocycles. The molecule has 5 rings (SSSR count). The predicted octanol–water partition coefficient (Wildman–Crippen LogP) is 3.92. The molecule has 2 unspecified atom stereocenters. The second kappa shape index (κ2) is 10.5. The van der Waals surface area contributed by atoms with E-state index in [1.165, 1.54) is 6.20 Å². The summed E-state index contributed by atoms with van der Waals surface area (Å²) in [6.45, 7) is 4.38. The number of nitrogens with one attached hydrogen (secondary N) is 2. The van der Waals surface area contributed by atoms with Gasteiger partial charge in [0.15, 0.2) is 5.70 Å². The molecule has 0 spiro atoms. The van der Waals surface area contributed by atoms with Crippen molar-refractivity contribution in [2.24, 2.45) is 5.92 Å². The lowest BCUT2D eigenvalue weighted by atomic mass is 9.84. The molecular weight excluding hydrogens is 499 g/mol. The zero-order valence-electron chi connectivity index (χ0n) is 21.2. The Hall–Kier alpha value is -3.31. The van der Waals surface area contributed by atoms with Gasteiger partial charge >= 0.3 is 6.18 Å². The Morgan fingerprint density at radius 1 is 1.16 bits per heavy atom. The van der Waals surface area contributed by atoms with Crippen LogP contribution in [0.25, 0.3) is 0 Å². The molecule has 4 heterocycles. The lowest BCUT2D eigenvalue weighted by molar-refractivity contribution is -0.120. The molecule has 1 amide bonds. The molecule has 8 nitrogen and oxygen atoms in total. The van der Waals surface area contributed by atoms with Gasteiger partial charge in [0.05, 0.1) is 17.5 Å². The number of amides is 1. The van der Waals surface area contributed by atoms with Crippen molar-refractivity contribution in [1.82, 2.24) is 15.2 Å². The van der Waals surface area contributed by atoms with Crippen molar-refractivity contribution in [2.45, 2.75) is 50.7 Å². The number of nitrogens with zero attached hydrogens (tertiary/aromatic N) is 3. The number of benzene rings is 1. The average molecular weight is 532 g/mol. The van der Waals surface area contributed by atoms with Crippen molar-refractivity contribution in [3.05, 3.63) is 65.7 Å². The summed E-state index contributed by atoms with van der Waals surface area (Å²) >= 11 is 0. The molecule has 11 heteroatoms. The molecule has 2 saturated heterocycles. The number of rotatable bonds is 5. The highest BCUT2D eigenvalue weighted by molar-refractivity contribution is 6.03. The Bertz CT molecular complexity index is 1160. The smallest absolute Gasteiger partial charge is 0.434 e. The average Bonchev–Trinajstić information content (AvgIpc) is 3.37. The molecule has 38 heavy (non-hydrogen) atoms. The maximum atomic E-state index is 13.7. The van der Waals surface area contributed by atoms with E-state index in [9.17, 15) is 23.1 Å². The van der Waals surface area contributed by atoms with E-state index in [0.717, 1.165) is 18.4 Å². The van der Waals surface area contributed by atoms with Crippen LogP contribution in [-0.4, -0.2) is 59.6 Å². The highest BCUT2D eigenvalue weighted by Crippen LogP contribution is 2.35. The Labute approximate surface area is 219 Å². The third kappa shape index (κ3) is 5.58. The Kier molecular flexibility index (Phi) is 7.23. The van der Waals surface area contributed by atoms with Crippen LogP contribution in [0.1, 0.15) is 38.2 Å². The van der Waals surface area contributed by atoms with Crippen LogP contribution in [0.2, 0.25) is 0 Å². The van der Waals surface area contributed by atoms with Crippen LogP contribution in [0.5, 0.6) is 0 Å². The lowest BCUT2D eigenvalue weighted by Gasteiger charge is -2.39. The molecule has 2 atom stereocenters. The van der Waals surface area contributed by atoms with E-state index in [1.54, 1.807) is 17.0 Å². The number of ether oxygens (including phenoxy) is 1. The summed E-state index contributed by atoms with van der Waals surface area (Å²) < 4.78 is 46.7. The second-order valence-electron chi connectivity index (χ2n) is 10.3. The van der Waals surface area contributed by atoms with Crippen LogP contribution in [0, 0.1) is 5.92 Å². The third-order valence-corrected chi connectivity index (χ3v) is 7.47. The van der Waals surface area contributed by atoms with Gasteiger partial charge in [0.2, 0.25) is 12.1 Å². The molecule has 0 saturated carbocycles. The Balaban J connectivity index is 1.22. The number of aliphatic hydroxyl groups is 1. The fourth-order valence-electron chi connectivity index (χ4n) is 5.35. The summed E-state index contributed by atoms with van der Waals surface area (Å²) in [7, 11) is 0. The van der Waals surface area contributed by atoms with Gasteiger partial charge < -0.3 is 25.4 Å². The van der Waals surface area contributed by atoms with E-state index in [0.29, 0.717) is 50.8 Å². The van der Waals surface area contributed by atoms with Crippen molar-refractivity contribution in [2.75, 3.05) is 36.4 Å². The monoisotopic (exact) mass is 531 g/mol. The van der Waals surface area contributed by atoms with Gasteiger partial charge in [-0.2, -0.15) is 13.2 Å². The fourth-order valence-corrected chi connectivity index (χ4v) is 5.35. The van der Waals surface area contributed by atoms with Crippen molar-refractivity contribution < 1.29 is 27.8 Å². The summed E-state index contributed by atoms with van der Waals surface area (Å²) in [5, 5.41) is 15.9. The van der Waals surface area contributed by atoms with Crippen molar-refractivity contribution >= 4 is 17.4 Å². The summed E-state index contributed by atoms with van der Waals surface area (Å²) in [4.78, 5) is 21.0. The number of allylic oxidation sites excluding steroid dienone is 1. The number of aromatic nitrogens is 1. The number of halogens is 3. The first-order valence-electron chi connectivity index (χ1n) is 12.9. The first kappa shape index (κ1) is 26.3. The van der Waals surface area contributed by atoms with Crippen molar-refractivity contribution in [1.29, 1.82) is 0 Å². The number of likely N-dealkylation sites (tertiary alicyclic amines) is 1. The molecule has 0 aliphatic carbocycles. The number of alkyl halides is 3. The van der Waals surface area contributed by atoms with Crippen molar-refractivity contribution in [3.63, 3.8) is 0 Å². The molecule has 2 fully saturated rings. The number of hydrogen-bond acceptors (Lipinski definition) is 7. The van der Waals surface area contributed by atoms with E-state index in [4.69, 9.17) is 4.74 Å². The van der Waals surface area contributed by atoms with E-state index in [2.05, 4.69) is 15.6 Å². The van der Waals surface area contributed by atoms with Gasteiger partial charge in [-0.3, -0.25) is 9.69 Å². The van der Waals surface area contributed by atoms with Crippen LogP contribution >= 0.6 is 0 Å². The molecule has 3 aliphatic rings. The summed E-state index contributed by atoms with van der Waals surface area (Å²) in [6.07, 6.45) is -1.47. The van der Waals surface area contributed by atoms with E-state index in [1.807, 2.05) is 42.2 Å². The van der Waals surface area contributed by atoms with Crippen LogP contribution in [0.3, 0.4) is 0 Å². The Morgan fingerprint density at radius 3 is 2.53 bits per heavy atom. The number of pyridine rings is 1. The minimum atomic E-state index is -4.76. The summed E-state index contributed by atoms with van der Waals surface area (Å²) in [5.74, 6) is -0.775. The highest BCUT2D eigenvalue weighted by atomic mass is 19.4. The number of piperidine rings is 2. The molecule has 3 N–H and O–H groups in total. The van der Waals surface area contributed by atoms with E-state index in [-0.39, 0.29) is 5.69 Å². The van der Waals surface area contributed by atoms with E-state index >= 15 is 0 Å². The molecule has 0 radical (unpaired) electrons. The molecule has 204 valence electrons. The van der Waals surface area contributed by atoms with Gasteiger partial charge in [-0.05, 0) is 49.3 Å². The third-order valence-electron chi connectivity index (χ3n) is 7.47. The molecule has 0 bridgehead atoms. The lowest BCUT2D eigenvalue weighted by Crippen LogP contribution is -2.49. The normalized spacial score (nSPS) is 24.1. The van der Waals surface area contributed by atoms with Gasteiger partial charge in [0.1, 0.15) is 5.82 Å². The number of carbonyl (C=O) groups is 1. The quantitative estimate of drug-likeness (QED) is 0.539. The zero-order valence-corrected chi connectivity index (χ0v) is 21.2. The number of hydrogen-bond donors (Lipinski definition) is 3. The SMILES string of the molecule is CC1CCCN(C2NC(C(F)(F)F)=C(C(=O)Nc3ccc(N4CCC(O)(c5ccccc5)CC4)nc3)O2)C1. The Morgan fingerprint density at radius 2 is 1.89 bits per heavy atom. The van der Waals surface area contributed by atoms with Gasteiger partial charge in [0.25, 0.3) is 5.91 Å². The fraction of sp³-hybridized carbons (Fsp3) is 0.481. The zero-order chi connectivity index (χ0) is 26.9. The van der Waals surface area contributed by atoms with Crippen LogP contribution in [0.15, 0.2) is 60.1 Å². The number of carbonyl (C=O) groups excluding carboxylic acids is 1. The van der Waals surface area contributed by atoms with Crippen molar-refractivity contribution in [3.8, 4) is 0 Å². The summed E-state index contributed by atoms with van der Waals surface area (Å²) in [5.41, 5.74) is -0.931. The van der Waals surface area contributed by atoms with Gasteiger partial charge in [0, 0.05) is 26.2 Å². The first-order valence-corrected chi connectivity index (χ1v) is 12.9. The number of anilines is 2. The maximum absolute atomic E-state index is 13.7. The minimum Gasteiger partial charge on any atom is -0.449 e. The van der Waals surface area contributed by atoms with Crippen LogP contribution in [0.4, 0.5) is 24.7 Å². The predicted molar refractivity (Wildman–Crippen MR) is 136 cm³/mol. The standard InChI is InChI=1S/C27H32F3N5O3/c1-18-6-5-13-35(17-18)25-33-23(27(28,29)30)22(38-25)24(36)32-20-9-10-21(31-16-20)34-14-11-26(37,12-15-34)19-7-3-2-4-8-19/h2-4,7-10,16,18,25,33,37H,5-6,11-15,17H2,1H3,(H,32,36). The maximum Gasteiger partial charge on any atom is 0.434 e. The topological polar surface area (TPSA) is 90.0 Å². The molecule has 3 aliphatic heterocycles. The molecular formula is C27H32F3N5O3. The molecule has 2 aromatic rings.